The van der Waals surface area contributed by atoms with Crippen molar-refractivity contribution in [2.75, 3.05) is 17.3 Å². The molecular formula is C32H25ClN2O3. The van der Waals surface area contributed by atoms with E-state index in [1.165, 1.54) is 0 Å². The topological polar surface area (TPSA) is 50.8 Å². The highest BCUT2D eigenvalue weighted by Crippen LogP contribution is 2.40. The van der Waals surface area contributed by atoms with Crippen molar-refractivity contribution in [3.8, 4) is 11.5 Å². The first-order chi connectivity index (χ1) is 18.6. The summed E-state index contributed by atoms with van der Waals surface area (Å²) in [6.45, 7) is 0.296. The van der Waals surface area contributed by atoms with E-state index in [0.717, 1.165) is 33.3 Å². The van der Waals surface area contributed by atoms with Gasteiger partial charge in [0.2, 0.25) is 0 Å². The van der Waals surface area contributed by atoms with Crippen LogP contribution in [0.1, 0.15) is 27.7 Å². The van der Waals surface area contributed by atoms with Crippen LogP contribution in [0, 0.1) is 0 Å². The first-order valence-corrected chi connectivity index (χ1v) is 12.7. The van der Waals surface area contributed by atoms with Gasteiger partial charge in [-0.15, -0.1) is 0 Å². The van der Waals surface area contributed by atoms with Gasteiger partial charge in [0.25, 0.3) is 5.91 Å². The van der Waals surface area contributed by atoms with Crippen LogP contribution in [0.2, 0.25) is 5.02 Å². The third-order valence-electron chi connectivity index (χ3n) is 6.78. The number of nitrogens with zero attached hydrogens (tertiary/aromatic N) is 1. The fourth-order valence-corrected chi connectivity index (χ4v) is 5.05. The highest BCUT2D eigenvalue weighted by molar-refractivity contribution is 6.30. The van der Waals surface area contributed by atoms with Gasteiger partial charge in [-0.05, 0) is 65.5 Å². The third-order valence-corrected chi connectivity index (χ3v) is 7.03. The molecular weight excluding hydrogens is 496 g/mol. The van der Waals surface area contributed by atoms with Crippen molar-refractivity contribution in [1.82, 2.24) is 0 Å². The number of carbonyl (C=O) groups excluding carboxylic acids is 1. The maximum atomic E-state index is 14.0. The van der Waals surface area contributed by atoms with Crippen LogP contribution in [-0.4, -0.2) is 13.0 Å². The van der Waals surface area contributed by atoms with Gasteiger partial charge in [0.05, 0.1) is 18.4 Å². The van der Waals surface area contributed by atoms with E-state index >= 15 is 0 Å². The van der Waals surface area contributed by atoms with Gasteiger partial charge in [0.15, 0.2) is 0 Å². The lowest BCUT2D eigenvalue weighted by molar-refractivity contribution is 0.0975. The maximum Gasteiger partial charge on any atom is 0.262 e. The van der Waals surface area contributed by atoms with E-state index in [1.54, 1.807) is 19.2 Å². The monoisotopic (exact) mass is 520 g/mol. The summed E-state index contributed by atoms with van der Waals surface area (Å²) in [7, 11) is 1.64. The van der Waals surface area contributed by atoms with Crippen LogP contribution in [0.3, 0.4) is 0 Å². The second kappa shape index (κ2) is 10.1. The molecule has 0 aromatic heterocycles. The maximum absolute atomic E-state index is 14.0. The first-order valence-electron chi connectivity index (χ1n) is 12.3. The Kier molecular flexibility index (Phi) is 6.36. The smallest absolute Gasteiger partial charge is 0.262 e. The highest BCUT2D eigenvalue weighted by atomic mass is 35.5. The van der Waals surface area contributed by atoms with Gasteiger partial charge in [-0.25, -0.2) is 0 Å². The molecule has 6 heteroatoms. The summed E-state index contributed by atoms with van der Waals surface area (Å²) >= 11 is 6.02. The number of hydrogen-bond acceptors (Lipinski definition) is 4. The van der Waals surface area contributed by atoms with Gasteiger partial charge in [0, 0.05) is 21.7 Å². The summed E-state index contributed by atoms with van der Waals surface area (Å²) in [6.07, 6.45) is -0.441. The molecule has 38 heavy (non-hydrogen) atoms. The highest BCUT2D eigenvalue weighted by Gasteiger charge is 2.35. The predicted molar refractivity (Wildman–Crippen MR) is 152 cm³/mol. The molecule has 1 aliphatic heterocycles. The molecule has 0 saturated heterocycles. The summed E-state index contributed by atoms with van der Waals surface area (Å²) < 4.78 is 11.7. The summed E-state index contributed by atoms with van der Waals surface area (Å²) in [5, 5.41) is 6.34. The number of amides is 1. The molecule has 6 rings (SSSR count). The Morgan fingerprint density at radius 2 is 1.63 bits per heavy atom. The molecule has 0 bridgehead atoms. The fourth-order valence-electron chi connectivity index (χ4n) is 4.93. The number of para-hydroxylation sites is 1. The average molecular weight is 521 g/mol. The third kappa shape index (κ3) is 4.42. The number of hydrogen-bond donors (Lipinski definition) is 1. The van der Waals surface area contributed by atoms with Crippen molar-refractivity contribution < 1.29 is 14.3 Å². The van der Waals surface area contributed by atoms with Crippen LogP contribution in [0.4, 0.5) is 11.4 Å². The average Bonchev–Trinajstić information content (AvgIpc) is 2.96. The van der Waals surface area contributed by atoms with Crippen LogP contribution in [0.25, 0.3) is 10.8 Å². The molecule has 0 spiro atoms. The van der Waals surface area contributed by atoms with E-state index in [4.69, 9.17) is 21.1 Å². The van der Waals surface area contributed by atoms with Crippen LogP contribution in [0.5, 0.6) is 11.5 Å². The molecule has 5 aromatic carbocycles. The first kappa shape index (κ1) is 23.9. The summed E-state index contributed by atoms with van der Waals surface area (Å²) in [6, 6.07) is 35.0. The minimum absolute atomic E-state index is 0.0597. The van der Waals surface area contributed by atoms with Crippen molar-refractivity contribution in [3.05, 3.63) is 131 Å². The molecule has 0 saturated carbocycles. The van der Waals surface area contributed by atoms with Crippen molar-refractivity contribution in [2.24, 2.45) is 0 Å². The molecule has 0 aliphatic carbocycles. The van der Waals surface area contributed by atoms with Crippen molar-refractivity contribution in [3.63, 3.8) is 0 Å². The Balaban J connectivity index is 1.44. The molecule has 188 valence electrons. The molecule has 0 radical (unpaired) electrons. The lowest BCUT2D eigenvalue weighted by Crippen LogP contribution is -2.43. The van der Waals surface area contributed by atoms with Gasteiger partial charge in [-0.3, -0.25) is 9.69 Å². The van der Waals surface area contributed by atoms with Crippen molar-refractivity contribution in [1.29, 1.82) is 0 Å². The van der Waals surface area contributed by atoms with Gasteiger partial charge >= 0.3 is 0 Å². The van der Waals surface area contributed by atoms with Crippen molar-refractivity contribution in [2.45, 2.75) is 12.8 Å². The van der Waals surface area contributed by atoms with Gasteiger partial charge in [0.1, 0.15) is 24.3 Å². The summed E-state index contributed by atoms with van der Waals surface area (Å²) in [4.78, 5) is 15.9. The largest absolute Gasteiger partial charge is 0.496 e. The number of carbonyl (C=O) groups is 1. The van der Waals surface area contributed by atoms with Gasteiger partial charge in [-0.2, -0.15) is 0 Å². The SMILES string of the molecule is COc1ccc(C2Nc3ccccc3C(=O)N2c2cccc3ccccc23)cc1COc1ccc(Cl)cc1. The molecule has 5 nitrogen and oxygen atoms in total. The fraction of sp³-hybridized carbons (Fsp3) is 0.0938. The van der Waals surface area contributed by atoms with E-state index in [9.17, 15) is 4.79 Å². The predicted octanol–water partition coefficient (Wildman–Crippen LogP) is 7.85. The lowest BCUT2D eigenvalue weighted by atomic mass is 9.99. The van der Waals surface area contributed by atoms with E-state index in [1.807, 2.05) is 83.8 Å². The van der Waals surface area contributed by atoms with Crippen LogP contribution < -0.4 is 19.7 Å². The zero-order valence-electron chi connectivity index (χ0n) is 20.7. The number of nitrogens with one attached hydrogen (secondary N) is 1. The Hall–Kier alpha value is -4.48. The van der Waals surface area contributed by atoms with Crippen LogP contribution in [-0.2, 0) is 6.61 Å². The molecule has 5 aromatic rings. The van der Waals surface area contributed by atoms with Crippen LogP contribution >= 0.6 is 11.6 Å². The minimum atomic E-state index is -0.441. The normalized spacial score (nSPS) is 14.6. The zero-order chi connectivity index (χ0) is 26.1. The summed E-state index contributed by atoms with van der Waals surface area (Å²) in [5.74, 6) is 1.36. The number of ether oxygens (including phenoxy) is 2. The molecule has 1 amide bonds. The zero-order valence-corrected chi connectivity index (χ0v) is 21.5. The molecule has 0 fully saturated rings. The van der Waals surface area contributed by atoms with Gasteiger partial charge < -0.3 is 14.8 Å². The van der Waals surface area contributed by atoms with E-state index in [-0.39, 0.29) is 5.91 Å². The molecule has 1 atom stereocenters. The quantitative estimate of drug-likeness (QED) is 0.247. The number of benzene rings is 5. The van der Waals surface area contributed by atoms with Gasteiger partial charge in [-0.1, -0.05) is 66.2 Å². The number of halogens is 1. The van der Waals surface area contributed by atoms with E-state index < -0.39 is 6.17 Å². The number of fused-ring (bicyclic) bond motifs is 2. The van der Waals surface area contributed by atoms with Crippen LogP contribution in [0.15, 0.2) is 109 Å². The van der Waals surface area contributed by atoms with E-state index in [2.05, 4.69) is 23.5 Å². The second-order valence-electron chi connectivity index (χ2n) is 9.08. The Labute approximate surface area is 226 Å². The second-order valence-corrected chi connectivity index (χ2v) is 9.52. The molecule has 1 N–H and O–H groups in total. The number of methoxy groups -OCH3 is 1. The van der Waals surface area contributed by atoms with Crippen molar-refractivity contribution >= 4 is 39.7 Å². The Morgan fingerprint density at radius 1 is 0.868 bits per heavy atom. The number of anilines is 2. The number of rotatable bonds is 6. The molecule has 1 aliphatic rings. The molecule has 1 unspecified atom stereocenters. The summed E-state index contributed by atoms with van der Waals surface area (Å²) in [5.41, 5.74) is 4.06. The van der Waals surface area contributed by atoms with E-state index in [0.29, 0.717) is 28.7 Å². The Morgan fingerprint density at radius 3 is 2.47 bits per heavy atom. The minimum Gasteiger partial charge on any atom is -0.496 e. The Bertz CT molecular complexity index is 1630. The lowest BCUT2D eigenvalue weighted by Gasteiger charge is -2.39. The molecule has 1 heterocycles. The standard InChI is InChI=1S/C32H25ClN2O3/c1-37-30-18-13-22(19-23(30)20-38-25-16-14-24(33)15-17-25)31-34-28-11-5-4-10-27(28)32(36)35(31)29-12-6-8-21-7-2-3-9-26(21)29/h2-19,31,34H,20H2,1H3.